The summed E-state index contributed by atoms with van der Waals surface area (Å²) in [6.45, 7) is 0. The van der Waals surface area contributed by atoms with Gasteiger partial charge in [0.1, 0.15) is 6.17 Å². The predicted molar refractivity (Wildman–Crippen MR) is 68.8 cm³/mol. The average molecular weight is 226 g/mol. The lowest BCUT2D eigenvalue weighted by molar-refractivity contribution is 0.219. The van der Waals surface area contributed by atoms with Gasteiger partial charge in [0.25, 0.3) is 0 Å². The Hall–Kier alpha value is -1.44. The summed E-state index contributed by atoms with van der Waals surface area (Å²) in [5, 5.41) is 0. The van der Waals surface area contributed by atoms with Crippen molar-refractivity contribution in [1.29, 1.82) is 0 Å². The van der Waals surface area contributed by atoms with Crippen LogP contribution in [0.4, 0.5) is 0 Å². The van der Waals surface area contributed by atoms with E-state index in [0.717, 1.165) is 0 Å². The molecule has 2 nitrogen and oxygen atoms in total. The smallest absolute Gasteiger partial charge is 0.110 e. The highest BCUT2D eigenvalue weighted by molar-refractivity contribution is 5.45. The van der Waals surface area contributed by atoms with Crippen molar-refractivity contribution in [2.45, 2.75) is 38.3 Å². The molecule has 0 amide bonds. The van der Waals surface area contributed by atoms with Crippen molar-refractivity contribution in [3.63, 3.8) is 0 Å². The predicted octanol–water partition coefficient (Wildman–Crippen LogP) is 3.13. The number of hydrogen-bond acceptors (Lipinski definition) is 2. The van der Waals surface area contributed by atoms with E-state index in [4.69, 9.17) is 0 Å². The van der Waals surface area contributed by atoms with Gasteiger partial charge in [-0.3, -0.25) is 0 Å². The second-order valence-electron chi connectivity index (χ2n) is 5.37. The molecule has 1 unspecified atom stereocenters. The van der Waals surface area contributed by atoms with Crippen LogP contribution in [0.5, 0.6) is 0 Å². The molecule has 0 aromatic rings. The summed E-state index contributed by atoms with van der Waals surface area (Å²) in [6.07, 6.45) is 16.0. The van der Waals surface area contributed by atoms with E-state index < -0.39 is 0 Å². The topological polar surface area (TPSA) is 6.48 Å². The van der Waals surface area contributed by atoms with Crippen molar-refractivity contribution in [3.8, 4) is 0 Å². The first-order chi connectivity index (χ1) is 8.36. The van der Waals surface area contributed by atoms with E-state index in [1.165, 1.54) is 43.5 Å². The Bertz CT molecular complexity index is 493. The maximum absolute atomic E-state index is 2.57. The van der Waals surface area contributed by atoms with Gasteiger partial charge in [-0.25, -0.2) is 0 Å². The first kappa shape index (κ1) is 9.58. The first-order valence-electron chi connectivity index (χ1n) is 6.66. The Morgan fingerprint density at radius 2 is 1.82 bits per heavy atom. The average Bonchev–Trinajstić information content (AvgIpc) is 2.88. The molecule has 0 fully saturated rings. The summed E-state index contributed by atoms with van der Waals surface area (Å²) in [6, 6.07) is 0. The van der Waals surface area contributed by atoms with Gasteiger partial charge in [0.15, 0.2) is 0 Å². The van der Waals surface area contributed by atoms with E-state index in [2.05, 4.69) is 41.2 Å². The molecule has 0 saturated carbocycles. The molecule has 1 atom stereocenters. The van der Waals surface area contributed by atoms with Crippen LogP contribution >= 0.6 is 0 Å². The van der Waals surface area contributed by atoms with Crippen molar-refractivity contribution in [2.24, 2.45) is 0 Å². The molecule has 2 aliphatic carbocycles. The number of fused-ring (bicyclic) bond motifs is 3. The second kappa shape index (κ2) is 3.28. The molecule has 4 aliphatic rings. The third-order valence-electron chi connectivity index (χ3n) is 4.49. The van der Waals surface area contributed by atoms with Crippen LogP contribution in [0.2, 0.25) is 0 Å². The van der Waals surface area contributed by atoms with Gasteiger partial charge in [-0.1, -0.05) is 12.2 Å². The monoisotopic (exact) mass is 226 g/mol. The van der Waals surface area contributed by atoms with Gasteiger partial charge in [0.05, 0.1) is 5.70 Å². The van der Waals surface area contributed by atoms with Crippen LogP contribution < -0.4 is 0 Å². The molecule has 2 heterocycles. The van der Waals surface area contributed by atoms with Gasteiger partial charge in [0, 0.05) is 24.9 Å². The summed E-state index contributed by atoms with van der Waals surface area (Å²) in [4.78, 5) is 5.07. The molecule has 0 bridgehead atoms. The Morgan fingerprint density at radius 3 is 2.71 bits per heavy atom. The van der Waals surface area contributed by atoms with Crippen molar-refractivity contribution >= 4 is 0 Å². The number of hydrogen-bond donors (Lipinski definition) is 0. The molecular weight excluding hydrogens is 208 g/mol. The van der Waals surface area contributed by atoms with E-state index in [0.29, 0.717) is 6.17 Å². The summed E-state index contributed by atoms with van der Waals surface area (Å²) >= 11 is 0. The normalized spacial score (nSPS) is 30.1. The van der Waals surface area contributed by atoms with Crippen LogP contribution in [0, 0.1) is 0 Å². The Kier molecular flexibility index (Phi) is 1.85. The quantitative estimate of drug-likeness (QED) is 0.626. The summed E-state index contributed by atoms with van der Waals surface area (Å²) in [7, 11) is 2.27. The van der Waals surface area contributed by atoms with Crippen molar-refractivity contribution in [3.05, 3.63) is 47.0 Å². The Labute approximate surface area is 103 Å². The van der Waals surface area contributed by atoms with Crippen LogP contribution in [-0.2, 0) is 0 Å². The third kappa shape index (κ3) is 1.16. The zero-order valence-corrected chi connectivity index (χ0v) is 10.3. The lowest BCUT2D eigenvalue weighted by Gasteiger charge is -2.27. The highest BCUT2D eigenvalue weighted by Gasteiger charge is 2.42. The maximum atomic E-state index is 2.57. The molecule has 0 saturated heterocycles. The van der Waals surface area contributed by atoms with Gasteiger partial charge < -0.3 is 9.80 Å². The minimum Gasteiger partial charge on any atom is -0.355 e. The molecule has 0 radical (unpaired) electrons. The minimum absolute atomic E-state index is 0.565. The van der Waals surface area contributed by atoms with Crippen LogP contribution in [-0.4, -0.2) is 23.0 Å². The van der Waals surface area contributed by atoms with E-state index in [1.54, 1.807) is 11.3 Å². The minimum atomic E-state index is 0.565. The largest absolute Gasteiger partial charge is 0.355 e. The maximum Gasteiger partial charge on any atom is 0.110 e. The van der Waals surface area contributed by atoms with Crippen LogP contribution in [0.1, 0.15) is 32.1 Å². The molecule has 0 N–H and O–H groups in total. The Balaban J connectivity index is 1.82. The summed E-state index contributed by atoms with van der Waals surface area (Å²) in [5.74, 6) is 0. The van der Waals surface area contributed by atoms with E-state index in [9.17, 15) is 0 Å². The lowest BCUT2D eigenvalue weighted by Crippen LogP contribution is -2.33. The third-order valence-corrected chi connectivity index (χ3v) is 4.49. The fraction of sp³-hybridized carbons (Fsp3) is 0.467. The van der Waals surface area contributed by atoms with Gasteiger partial charge in [-0.15, -0.1) is 0 Å². The molecule has 17 heavy (non-hydrogen) atoms. The fourth-order valence-electron chi connectivity index (χ4n) is 3.62. The molecule has 88 valence electrons. The fourth-order valence-corrected chi connectivity index (χ4v) is 3.62. The molecule has 2 aliphatic heterocycles. The van der Waals surface area contributed by atoms with Crippen molar-refractivity contribution in [2.75, 3.05) is 7.05 Å². The molecule has 0 aromatic carbocycles. The number of rotatable bonds is 0. The van der Waals surface area contributed by atoms with E-state index >= 15 is 0 Å². The molecule has 0 aromatic heterocycles. The molecule has 0 spiro atoms. The summed E-state index contributed by atoms with van der Waals surface area (Å²) in [5.41, 5.74) is 6.16. The molecular formula is C15H18N2. The number of allylic oxidation sites excluding steroid dienone is 5. The van der Waals surface area contributed by atoms with Crippen molar-refractivity contribution < 1.29 is 0 Å². The zero-order valence-electron chi connectivity index (χ0n) is 10.3. The first-order valence-corrected chi connectivity index (χ1v) is 6.66. The SMILES string of the molecule is CN1C2=C(C=CCC2)N2C3=C(CCC=C3)CC12. The lowest BCUT2D eigenvalue weighted by atomic mass is 10.0. The van der Waals surface area contributed by atoms with Gasteiger partial charge in [0.2, 0.25) is 0 Å². The standard InChI is InChI=1S/C15H18N2/c1-16-13-8-4-5-9-14(13)17-12-7-3-2-6-11(12)10-15(16)17/h3,5,7,9,15H,2,4,6,8,10H2,1H3. The Morgan fingerprint density at radius 1 is 1.06 bits per heavy atom. The number of nitrogens with zero attached hydrogens (tertiary/aromatic N) is 2. The molecule has 2 heteroatoms. The van der Waals surface area contributed by atoms with Crippen LogP contribution in [0.3, 0.4) is 0 Å². The highest BCUT2D eigenvalue weighted by Crippen LogP contribution is 2.46. The van der Waals surface area contributed by atoms with Crippen LogP contribution in [0.15, 0.2) is 47.0 Å². The van der Waals surface area contributed by atoms with Gasteiger partial charge in [-0.05, 0) is 43.4 Å². The van der Waals surface area contributed by atoms with Crippen LogP contribution in [0.25, 0.3) is 0 Å². The zero-order chi connectivity index (χ0) is 11.4. The summed E-state index contributed by atoms with van der Waals surface area (Å²) < 4.78 is 0. The van der Waals surface area contributed by atoms with E-state index in [-0.39, 0.29) is 0 Å². The second-order valence-corrected chi connectivity index (χ2v) is 5.37. The van der Waals surface area contributed by atoms with Crippen molar-refractivity contribution in [1.82, 2.24) is 9.80 Å². The van der Waals surface area contributed by atoms with Gasteiger partial charge in [-0.2, -0.15) is 0 Å². The molecule has 4 rings (SSSR count). The van der Waals surface area contributed by atoms with E-state index in [1.807, 2.05) is 0 Å². The van der Waals surface area contributed by atoms with Gasteiger partial charge >= 0.3 is 0 Å². The highest BCUT2D eigenvalue weighted by atomic mass is 15.4.